The third-order valence-corrected chi connectivity index (χ3v) is 4.12. The Hall–Kier alpha value is -0.870. The summed E-state index contributed by atoms with van der Waals surface area (Å²) in [5, 5.41) is 3.95. The molecule has 0 spiro atoms. The van der Waals surface area contributed by atoms with Crippen LogP contribution >= 0.6 is 11.6 Å². The van der Waals surface area contributed by atoms with Crippen molar-refractivity contribution in [3.63, 3.8) is 0 Å². The van der Waals surface area contributed by atoms with E-state index in [1.807, 2.05) is 13.8 Å². The third-order valence-electron chi connectivity index (χ3n) is 3.93. The second-order valence-corrected chi connectivity index (χ2v) is 5.93. The zero-order chi connectivity index (χ0) is 14.0. The Morgan fingerprint density at radius 2 is 2.16 bits per heavy atom. The number of hydrogen-bond donors (Lipinski definition) is 1. The number of ether oxygens (including phenoxy) is 1. The summed E-state index contributed by atoms with van der Waals surface area (Å²) < 4.78 is 5.73. The highest BCUT2D eigenvalue weighted by atomic mass is 35.5. The average Bonchev–Trinajstić information content (AvgIpc) is 2.37. The molecular weight excluding hydrogens is 262 g/mol. The fourth-order valence-corrected chi connectivity index (χ4v) is 2.69. The van der Waals surface area contributed by atoms with Crippen molar-refractivity contribution in [2.24, 2.45) is 5.41 Å². The van der Waals surface area contributed by atoms with Gasteiger partial charge in [-0.15, -0.1) is 0 Å². The monoisotopic (exact) mass is 283 g/mol. The second kappa shape index (κ2) is 5.63. The van der Waals surface area contributed by atoms with Crippen molar-refractivity contribution in [2.75, 3.05) is 11.9 Å². The maximum absolute atomic E-state index is 6.01. The largest absolute Gasteiger partial charge is 0.378 e. The van der Waals surface area contributed by atoms with Crippen LogP contribution in [0.5, 0.6) is 0 Å². The molecule has 5 heteroatoms. The van der Waals surface area contributed by atoms with Crippen molar-refractivity contribution in [1.29, 1.82) is 0 Å². The predicted octanol–water partition coefficient (Wildman–Crippen LogP) is 3.31. The van der Waals surface area contributed by atoms with Gasteiger partial charge in [0.25, 0.3) is 0 Å². The first-order chi connectivity index (χ1) is 8.97. The number of halogens is 1. The maximum atomic E-state index is 6.01. The minimum atomic E-state index is 0.111. The van der Waals surface area contributed by atoms with Crippen LogP contribution in [0.2, 0.25) is 5.15 Å². The fraction of sp³-hybridized carbons (Fsp3) is 0.714. The van der Waals surface area contributed by atoms with Crippen LogP contribution in [0, 0.1) is 5.41 Å². The fourth-order valence-electron chi connectivity index (χ4n) is 2.49. The molecule has 4 nitrogen and oxygen atoms in total. The van der Waals surface area contributed by atoms with Gasteiger partial charge in [0.05, 0.1) is 6.10 Å². The first kappa shape index (κ1) is 14.5. The van der Waals surface area contributed by atoms with E-state index in [1.54, 1.807) is 6.07 Å². The molecule has 1 aromatic rings. The van der Waals surface area contributed by atoms with E-state index in [9.17, 15) is 0 Å². The molecule has 1 fully saturated rings. The van der Waals surface area contributed by atoms with Crippen LogP contribution in [0.4, 0.5) is 5.82 Å². The number of hydrogen-bond acceptors (Lipinski definition) is 4. The van der Waals surface area contributed by atoms with Crippen molar-refractivity contribution in [1.82, 2.24) is 9.97 Å². The van der Waals surface area contributed by atoms with Crippen molar-refractivity contribution >= 4 is 17.4 Å². The van der Waals surface area contributed by atoms with Gasteiger partial charge >= 0.3 is 0 Å². The summed E-state index contributed by atoms with van der Waals surface area (Å²) in [6, 6.07) is 2.14. The van der Waals surface area contributed by atoms with Crippen molar-refractivity contribution in [3.05, 3.63) is 17.0 Å². The summed E-state index contributed by atoms with van der Waals surface area (Å²) in [4.78, 5) is 8.64. The quantitative estimate of drug-likeness (QED) is 0.842. The average molecular weight is 284 g/mol. The Morgan fingerprint density at radius 1 is 1.42 bits per heavy atom. The molecule has 19 heavy (non-hydrogen) atoms. The number of anilines is 1. The van der Waals surface area contributed by atoms with Crippen molar-refractivity contribution in [2.45, 2.75) is 52.7 Å². The lowest BCUT2D eigenvalue weighted by Gasteiger charge is -2.51. The lowest BCUT2D eigenvalue weighted by molar-refractivity contribution is -0.0976. The Labute approximate surface area is 119 Å². The van der Waals surface area contributed by atoms with Gasteiger partial charge in [0.15, 0.2) is 0 Å². The van der Waals surface area contributed by atoms with Crippen LogP contribution in [-0.4, -0.2) is 28.7 Å². The number of aryl methyl sites for hydroxylation is 1. The lowest BCUT2D eigenvalue weighted by atomic mass is 9.64. The van der Waals surface area contributed by atoms with Crippen LogP contribution in [0.25, 0.3) is 0 Å². The Balaban J connectivity index is 2.05. The van der Waals surface area contributed by atoms with Gasteiger partial charge in [-0.2, -0.15) is 0 Å². The van der Waals surface area contributed by atoms with Gasteiger partial charge in [0, 0.05) is 30.6 Å². The van der Waals surface area contributed by atoms with Crippen LogP contribution in [0.3, 0.4) is 0 Å². The molecule has 1 N–H and O–H groups in total. The van der Waals surface area contributed by atoms with Gasteiger partial charge in [0.2, 0.25) is 0 Å². The summed E-state index contributed by atoms with van der Waals surface area (Å²) in [5.74, 6) is 1.58. The highest BCUT2D eigenvalue weighted by Gasteiger charge is 2.49. The molecule has 2 atom stereocenters. The highest BCUT2D eigenvalue weighted by Crippen LogP contribution is 2.44. The molecule has 1 heterocycles. The van der Waals surface area contributed by atoms with E-state index in [0.29, 0.717) is 17.3 Å². The normalized spacial score (nSPS) is 24.9. The van der Waals surface area contributed by atoms with E-state index >= 15 is 0 Å². The summed E-state index contributed by atoms with van der Waals surface area (Å²) in [7, 11) is 0. The smallest absolute Gasteiger partial charge is 0.134 e. The van der Waals surface area contributed by atoms with Crippen LogP contribution in [-0.2, 0) is 11.2 Å². The molecule has 0 aromatic carbocycles. The van der Waals surface area contributed by atoms with E-state index in [-0.39, 0.29) is 5.41 Å². The molecule has 0 radical (unpaired) electrons. The summed E-state index contributed by atoms with van der Waals surface area (Å²) in [6.07, 6.45) is 2.10. The van der Waals surface area contributed by atoms with Gasteiger partial charge in [-0.25, -0.2) is 9.97 Å². The summed E-state index contributed by atoms with van der Waals surface area (Å²) in [6.45, 7) is 9.26. The summed E-state index contributed by atoms with van der Waals surface area (Å²) >= 11 is 6.01. The van der Waals surface area contributed by atoms with Crippen LogP contribution in [0.15, 0.2) is 6.07 Å². The number of nitrogens with zero attached hydrogens (tertiary/aromatic N) is 2. The Morgan fingerprint density at radius 3 is 2.74 bits per heavy atom. The zero-order valence-electron chi connectivity index (χ0n) is 12.0. The molecule has 0 aliphatic heterocycles. The molecule has 2 rings (SSSR count). The lowest BCUT2D eigenvalue weighted by Crippen LogP contribution is -2.58. The summed E-state index contributed by atoms with van der Waals surface area (Å²) in [5.41, 5.74) is 0.111. The molecular formula is C14H22ClN3O. The number of aromatic nitrogens is 2. The topological polar surface area (TPSA) is 47.0 Å². The SMILES string of the molecule is CCOC1CC(Nc2cc(Cl)nc(CC)n2)C1(C)C. The minimum Gasteiger partial charge on any atom is -0.378 e. The van der Waals surface area contributed by atoms with Gasteiger partial charge in [-0.3, -0.25) is 0 Å². The van der Waals surface area contributed by atoms with Gasteiger partial charge in [-0.05, 0) is 13.3 Å². The van der Waals surface area contributed by atoms with E-state index in [1.165, 1.54) is 0 Å². The standard InChI is InChI=1S/C14H22ClN3O/c1-5-12-17-11(15)8-13(18-12)16-9-7-10(19-6-2)14(9,3)4/h8-10H,5-7H2,1-4H3,(H,16,17,18). The molecule has 1 aromatic heterocycles. The first-order valence-corrected chi connectivity index (χ1v) is 7.26. The molecule has 0 saturated heterocycles. The minimum absolute atomic E-state index is 0.111. The molecule has 1 aliphatic rings. The first-order valence-electron chi connectivity index (χ1n) is 6.89. The van der Waals surface area contributed by atoms with Crippen LogP contribution in [0.1, 0.15) is 39.9 Å². The van der Waals surface area contributed by atoms with Crippen LogP contribution < -0.4 is 5.32 Å². The van der Waals surface area contributed by atoms with Crippen molar-refractivity contribution < 1.29 is 4.74 Å². The second-order valence-electron chi connectivity index (χ2n) is 5.54. The van der Waals surface area contributed by atoms with E-state index in [0.717, 1.165) is 31.1 Å². The number of rotatable bonds is 5. The predicted molar refractivity (Wildman–Crippen MR) is 77.6 cm³/mol. The Bertz CT molecular complexity index is 450. The molecule has 106 valence electrons. The Kier molecular flexibility index (Phi) is 4.31. The van der Waals surface area contributed by atoms with E-state index < -0.39 is 0 Å². The third kappa shape index (κ3) is 3.00. The van der Waals surface area contributed by atoms with E-state index in [4.69, 9.17) is 16.3 Å². The molecule has 1 aliphatic carbocycles. The molecule has 0 amide bonds. The van der Waals surface area contributed by atoms with Gasteiger partial charge in [-0.1, -0.05) is 32.4 Å². The van der Waals surface area contributed by atoms with Gasteiger partial charge < -0.3 is 10.1 Å². The van der Waals surface area contributed by atoms with E-state index in [2.05, 4.69) is 29.1 Å². The highest BCUT2D eigenvalue weighted by molar-refractivity contribution is 6.29. The molecule has 1 saturated carbocycles. The number of nitrogens with one attached hydrogen (secondary N) is 1. The zero-order valence-corrected chi connectivity index (χ0v) is 12.8. The molecule has 2 unspecified atom stereocenters. The van der Waals surface area contributed by atoms with Crippen molar-refractivity contribution in [3.8, 4) is 0 Å². The maximum Gasteiger partial charge on any atom is 0.134 e. The molecule has 0 bridgehead atoms. The van der Waals surface area contributed by atoms with Gasteiger partial charge in [0.1, 0.15) is 16.8 Å².